The molecule has 0 aliphatic heterocycles. The zero-order chi connectivity index (χ0) is 18.2. The average Bonchev–Trinajstić information content (AvgIpc) is 3.38. The number of allylic oxidation sites excluding steroid dienone is 3. The maximum atomic E-state index is 11.1. The summed E-state index contributed by atoms with van der Waals surface area (Å²) in [5.74, 6) is 0.797. The largest absolute Gasteiger partial charge is 0.490 e. The summed E-state index contributed by atoms with van der Waals surface area (Å²) < 4.78 is 5.79. The summed E-state index contributed by atoms with van der Waals surface area (Å²) >= 11 is 0. The first-order valence-electron chi connectivity index (χ1n) is 9.19. The van der Waals surface area contributed by atoms with Gasteiger partial charge in [-0.05, 0) is 82.1 Å². The van der Waals surface area contributed by atoms with Gasteiger partial charge in [0.05, 0.1) is 6.42 Å². The van der Waals surface area contributed by atoms with E-state index in [1.54, 1.807) is 0 Å². The standard InChI is InChI=1S/C22H30O3/c1-16(2)5-4-6-17(3)13-14-25-20-11-9-19(10-12-20)21(15-22(23)24)18-7-8-18/h5,9-13,18,21H,4,6-8,14-15H2,1-3H3,(H,23,24)/b17-13+/t21-/m0/s1. The molecule has 1 aliphatic rings. The van der Waals surface area contributed by atoms with Crippen LogP contribution in [0.1, 0.15) is 64.4 Å². The van der Waals surface area contributed by atoms with E-state index < -0.39 is 5.97 Å². The van der Waals surface area contributed by atoms with E-state index in [-0.39, 0.29) is 12.3 Å². The minimum atomic E-state index is -0.717. The lowest BCUT2D eigenvalue weighted by atomic mass is 9.91. The topological polar surface area (TPSA) is 46.5 Å². The van der Waals surface area contributed by atoms with E-state index in [0.717, 1.165) is 37.0 Å². The maximum Gasteiger partial charge on any atom is 0.303 e. The van der Waals surface area contributed by atoms with Crippen LogP contribution in [-0.4, -0.2) is 17.7 Å². The molecule has 25 heavy (non-hydrogen) atoms. The third-order valence-electron chi connectivity index (χ3n) is 4.67. The van der Waals surface area contributed by atoms with Crippen LogP contribution in [0, 0.1) is 5.92 Å². The Morgan fingerprint density at radius 3 is 2.44 bits per heavy atom. The summed E-state index contributed by atoms with van der Waals surface area (Å²) in [5.41, 5.74) is 3.81. The predicted octanol–water partition coefficient (Wildman–Crippen LogP) is 5.73. The fraction of sp³-hybridized carbons (Fsp3) is 0.500. The molecular formula is C22H30O3. The molecule has 3 nitrogen and oxygen atoms in total. The van der Waals surface area contributed by atoms with Gasteiger partial charge in [0, 0.05) is 0 Å². The van der Waals surface area contributed by atoms with Gasteiger partial charge in [0.1, 0.15) is 12.4 Å². The number of aliphatic carboxylic acids is 1. The summed E-state index contributed by atoms with van der Waals surface area (Å²) in [4.78, 5) is 11.1. The highest BCUT2D eigenvalue weighted by Gasteiger charge is 2.33. The summed E-state index contributed by atoms with van der Waals surface area (Å²) in [6.45, 7) is 6.95. The SMILES string of the molecule is CC(C)=CCC/C(C)=C/COc1ccc([C@@H](CC(=O)O)C2CC2)cc1. The lowest BCUT2D eigenvalue weighted by Crippen LogP contribution is -2.08. The van der Waals surface area contributed by atoms with Gasteiger partial charge in [0.15, 0.2) is 0 Å². The van der Waals surface area contributed by atoms with Crippen molar-refractivity contribution in [3.05, 3.63) is 53.1 Å². The van der Waals surface area contributed by atoms with E-state index in [4.69, 9.17) is 9.84 Å². The molecule has 1 aliphatic carbocycles. The van der Waals surface area contributed by atoms with Crippen molar-refractivity contribution < 1.29 is 14.6 Å². The number of hydrogen-bond acceptors (Lipinski definition) is 2. The van der Waals surface area contributed by atoms with Crippen LogP contribution in [0.4, 0.5) is 0 Å². The quantitative estimate of drug-likeness (QED) is 0.553. The van der Waals surface area contributed by atoms with Crippen LogP contribution in [0.2, 0.25) is 0 Å². The van der Waals surface area contributed by atoms with E-state index in [1.807, 2.05) is 24.3 Å². The van der Waals surface area contributed by atoms with Gasteiger partial charge in [0.25, 0.3) is 0 Å². The number of ether oxygens (including phenoxy) is 1. The molecule has 1 saturated carbocycles. The van der Waals surface area contributed by atoms with Crippen molar-refractivity contribution in [3.63, 3.8) is 0 Å². The van der Waals surface area contributed by atoms with Crippen molar-refractivity contribution in [2.24, 2.45) is 5.92 Å². The van der Waals surface area contributed by atoms with E-state index >= 15 is 0 Å². The molecule has 1 aromatic carbocycles. The molecule has 1 fully saturated rings. The minimum absolute atomic E-state index is 0.142. The monoisotopic (exact) mass is 342 g/mol. The second-order valence-corrected chi connectivity index (χ2v) is 7.29. The zero-order valence-electron chi connectivity index (χ0n) is 15.6. The van der Waals surface area contributed by atoms with Gasteiger partial charge in [0.2, 0.25) is 0 Å². The molecule has 2 rings (SSSR count). The van der Waals surface area contributed by atoms with Gasteiger partial charge < -0.3 is 9.84 Å². The summed E-state index contributed by atoms with van der Waals surface area (Å²) in [5, 5.41) is 9.10. The number of hydrogen-bond donors (Lipinski definition) is 1. The number of carboxylic acid groups (broad SMARTS) is 1. The fourth-order valence-electron chi connectivity index (χ4n) is 3.03. The van der Waals surface area contributed by atoms with Crippen LogP contribution in [0.3, 0.4) is 0 Å². The Kier molecular flexibility index (Phi) is 7.30. The van der Waals surface area contributed by atoms with Crippen molar-refractivity contribution in [1.29, 1.82) is 0 Å². The van der Waals surface area contributed by atoms with E-state index in [9.17, 15) is 4.79 Å². The molecule has 0 spiro atoms. The van der Waals surface area contributed by atoms with Crippen LogP contribution >= 0.6 is 0 Å². The van der Waals surface area contributed by atoms with Gasteiger partial charge in [-0.1, -0.05) is 29.4 Å². The summed E-state index contributed by atoms with van der Waals surface area (Å²) in [6, 6.07) is 7.96. The zero-order valence-corrected chi connectivity index (χ0v) is 15.6. The molecule has 136 valence electrons. The molecular weight excluding hydrogens is 312 g/mol. The average molecular weight is 342 g/mol. The first kappa shape index (κ1) is 19.3. The first-order chi connectivity index (χ1) is 12.0. The smallest absolute Gasteiger partial charge is 0.303 e. The normalized spacial score (nSPS) is 15.6. The molecule has 0 amide bonds. The molecule has 0 aromatic heterocycles. The first-order valence-corrected chi connectivity index (χ1v) is 9.19. The molecule has 0 bridgehead atoms. The van der Waals surface area contributed by atoms with Crippen LogP contribution in [0.15, 0.2) is 47.6 Å². The third-order valence-corrected chi connectivity index (χ3v) is 4.67. The van der Waals surface area contributed by atoms with Crippen molar-refractivity contribution in [1.82, 2.24) is 0 Å². The summed E-state index contributed by atoms with van der Waals surface area (Å²) in [7, 11) is 0. The Hall–Kier alpha value is -2.03. The highest BCUT2D eigenvalue weighted by molar-refractivity contribution is 5.68. The molecule has 0 saturated heterocycles. The van der Waals surface area contributed by atoms with Crippen molar-refractivity contribution in [3.8, 4) is 5.75 Å². The van der Waals surface area contributed by atoms with Crippen LogP contribution in [0.25, 0.3) is 0 Å². The Bertz CT molecular complexity index is 617. The number of benzene rings is 1. The van der Waals surface area contributed by atoms with Crippen molar-refractivity contribution in [2.45, 2.75) is 58.8 Å². The van der Waals surface area contributed by atoms with Crippen molar-refractivity contribution in [2.75, 3.05) is 6.61 Å². The highest BCUT2D eigenvalue weighted by Crippen LogP contribution is 2.44. The number of carbonyl (C=O) groups is 1. The van der Waals surface area contributed by atoms with Gasteiger partial charge in [-0.2, -0.15) is 0 Å². The van der Waals surface area contributed by atoms with E-state index in [2.05, 4.69) is 32.9 Å². The molecule has 0 radical (unpaired) electrons. The molecule has 0 unspecified atom stereocenters. The molecule has 1 atom stereocenters. The van der Waals surface area contributed by atoms with Gasteiger partial charge in [-0.15, -0.1) is 0 Å². The lowest BCUT2D eigenvalue weighted by Gasteiger charge is -2.15. The molecule has 1 N–H and O–H groups in total. The number of rotatable bonds is 10. The van der Waals surface area contributed by atoms with Gasteiger partial charge in [-0.25, -0.2) is 0 Å². The molecule has 1 aromatic rings. The van der Waals surface area contributed by atoms with Gasteiger partial charge in [-0.3, -0.25) is 4.79 Å². The second kappa shape index (κ2) is 9.45. The molecule has 3 heteroatoms. The fourth-order valence-corrected chi connectivity index (χ4v) is 3.03. The summed E-state index contributed by atoms with van der Waals surface area (Å²) in [6.07, 6.45) is 9.03. The van der Waals surface area contributed by atoms with Crippen LogP contribution < -0.4 is 4.74 Å². The second-order valence-electron chi connectivity index (χ2n) is 7.29. The van der Waals surface area contributed by atoms with Crippen molar-refractivity contribution >= 4 is 5.97 Å². The van der Waals surface area contributed by atoms with E-state index in [0.29, 0.717) is 12.5 Å². The van der Waals surface area contributed by atoms with Crippen LogP contribution in [0.5, 0.6) is 5.75 Å². The third kappa shape index (κ3) is 7.16. The Labute approximate surface area is 151 Å². The Morgan fingerprint density at radius 1 is 1.20 bits per heavy atom. The van der Waals surface area contributed by atoms with Gasteiger partial charge >= 0.3 is 5.97 Å². The van der Waals surface area contributed by atoms with E-state index in [1.165, 1.54) is 11.1 Å². The molecule has 0 heterocycles. The maximum absolute atomic E-state index is 11.1. The van der Waals surface area contributed by atoms with Crippen LogP contribution in [-0.2, 0) is 4.79 Å². The highest BCUT2D eigenvalue weighted by atomic mass is 16.5. The lowest BCUT2D eigenvalue weighted by molar-refractivity contribution is -0.137. The predicted molar refractivity (Wildman–Crippen MR) is 102 cm³/mol. The minimum Gasteiger partial charge on any atom is -0.490 e. The number of carboxylic acids is 1. The Balaban J connectivity index is 1.83. The Morgan fingerprint density at radius 2 is 1.88 bits per heavy atom.